The molecule has 0 radical (unpaired) electrons. The zero-order valence-electron chi connectivity index (χ0n) is 17.4. The number of hydrogen-bond acceptors (Lipinski definition) is 8. The molecule has 0 unspecified atom stereocenters. The minimum absolute atomic E-state index is 0.0298. The monoisotopic (exact) mass is 476 g/mol. The summed E-state index contributed by atoms with van der Waals surface area (Å²) in [4.78, 5) is 38.3. The Hall–Kier alpha value is -3.04. The molecule has 2 aromatic carbocycles. The number of ether oxygens (including phenoxy) is 2. The third-order valence-electron chi connectivity index (χ3n) is 4.82. The highest BCUT2D eigenvalue weighted by Crippen LogP contribution is 2.37. The Morgan fingerprint density at radius 2 is 2.03 bits per heavy atom. The number of rotatable bonds is 8. The number of hydrogen-bond donors (Lipinski definition) is 2. The lowest BCUT2D eigenvalue weighted by atomic mass is 10.1. The van der Waals surface area contributed by atoms with E-state index in [0.717, 1.165) is 5.56 Å². The van der Waals surface area contributed by atoms with Crippen molar-refractivity contribution in [3.8, 4) is 11.5 Å². The lowest BCUT2D eigenvalue weighted by molar-refractivity contribution is -0.145. The zero-order valence-corrected chi connectivity index (χ0v) is 19.0. The van der Waals surface area contributed by atoms with Crippen LogP contribution in [0.1, 0.15) is 38.8 Å². The quantitative estimate of drug-likeness (QED) is 0.259. The van der Waals surface area contributed by atoms with Crippen LogP contribution in [0.5, 0.6) is 11.5 Å². The number of esters is 1. The van der Waals surface area contributed by atoms with Crippen molar-refractivity contribution >= 4 is 46.1 Å². The molecule has 0 atom stereocenters. The van der Waals surface area contributed by atoms with E-state index in [2.05, 4.69) is 0 Å². The van der Waals surface area contributed by atoms with E-state index in [4.69, 9.17) is 26.5 Å². The molecule has 1 aliphatic heterocycles. The average Bonchev–Trinajstić information content (AvgIpc) is 3.08. The number of thioether (sulfide) groups is 1. The third-order valence-corrected chi connectivity index (χ3v) is 5.83. The van der Waals surface area contributed by atoms with Gasteiger partial charge in [0.2, 0.25) is 0 Å². The molecule has 0 saturated heterocycles. The molecule has 0 aliphatic carbocycles. The van der Waals surface area contributed by atoms with E-state index in [1.807, 2.05) is 0 Å². The maximum atomic E-state index is 12.8. The minimum Gasteiger partial charge on any atom is -0.505 e. The van der Waals surface area contributed by atoms with Crippen LogP contribution in [0, 0.1) is 5.41 Å². The Morgan fingerprint density at radius 1 is 1.28 bits per heavy atom. The lowest BCUT2D eigenvalue weighted by Crippen LogP contribution is -2.30. The van der Waals surface area contributed by atoms with Crippen LogP contribution in [0.4, 0.5) is 0 Å². The van der Waals surface area contributed by atoms with Gasteiger partial charge in [-0.05, 0) is 43.0 Å². The molecular weight excluding hydrogens is 456 g/mol. The van der Waals surface area contributed by atoms with Crippen molar-refractivity contribution in [2.75, 3.05) is 26.0 Å². The van der Waals surface area contributed by atoms with Gasteiger partial charge in [-0.15, -0.1) is 11.8 Å². The summed E-state index contributed by atoms with van der Waals surface area (Å²) in [5.74, 6) is -1.85. The SMILES string of the molecule is CCOC(=O)COc1ccc(C(=O)CN2Cc3cc(C(=N)SC)ccc3C2=O)c(O)c1Cl. The molecule has 3 rings (SSSR count). The summed E-state index contributed by atoms with van der Waals surface area (Å²) in [5, 5.41) is 18.5. The molecule has 0 bridgehead atoms. The van der Waals surface area contributed by atoms with Crippen molar-refractivity contribution < 1.29 is 29.0 Å². The van der Waals surface area contributed by atoms with Gasteiger partial charge < -0.3 is 19.5 Å². The number of carbonyl (C=O) groups is 3. The molecular formula is C22H21ClN2O6S. The van der Waals surface area contributed by atoms with Crippen LogP contribution in [0.25, 0.3) is 0 Å². The maximum absolute atomic E-state index is 12.8. The van der Waals surface area contributed by atoms with Crippen molar-refractivity contribution in [3.05, 3.63) is 57.6 Å². The Kier molecular flexibility index (Phi) is 7.42. The molecule has 32 heavy (non-hydrogen) atoms. The summed E-state index contributed by atoms with van der Waals surface area (Å²) in [6.07, 6.45) is 1.80. The molecule has 0 fully saturated rings. The van der Waals surface area contributed by atoms with Gasteiger partial charge in [0, 0.05) is 17.7 Å². The number of nitrogens with zero attached hydrogens (tertiary/aromatic N) is 1. The second-order valence-corrected chi connectivity index (χ2v) is 8.05. The number of fused-ring (bicyclic) bond motifs is 1. The van der Waals surface area contributed by atoms with Gasteiger partial charge in [0.25, 0.3) is 5.91 Å². The molecule has 0 spiro atoms. The fourth-order valence-corrected chi connectivity index (χ4v) is 3.83. The van der Waals surface area contributed by atoms with Crippen LogP contribution in [-0.4, -0.2) is 58.7 Å². The highest BCUT2D eigenvalue weighted by Gasteiger charge is 2.30. The van der Waals surface area contributed by atoms with E-state index in [0.29, 0.717) is 16.2 Å². The van der Waals surface area contributed by atoms with E-state index in [-0.39, 0.29) is 41.9 Å². The highest BCUT2D eigenvalue weighted by atomic mass is 35.5. The first-order valence-electron chi connectivity index (χ1n) is 9.65. The van der Waals surface area contributed by atoms with Gasteiger partial charge in [0.15, 0.2) is 12.4 Å². The highest BCUT2D eigenvalue weighted by molar-refractivity contribution is 8.13. The molecule has 0 aromatic heterocycles. The minimum atomic E-state index is -0.592. The first-order chi connectivity index (χ1) is 15.3. The smallest absolute Gasteiger partial charge is 0.344 e. The van der Waals surface area contributed by atoms with Gasteiger partial charge in [0.1, 0.15) is 16.5 Å². The second kappa shape index (κ2) is 10.1. The standard InChI is InChI=1S/C22H21ClN2O6S/c1-3-30-18(27)11-31-17-7-6-15(20(28)19(17)23)16(26)10-25-9-13-8-12(21(24)32-2)4-5-14(13)22(25)29/h4-8,24,28H,3,9-11H2,1-2H3. The van der Waals surface area contributed by atoms with Gasteiger partial charge in [-0.2, -0.15) is 0 Å². The Labute approximate surface area is 194 Å². The number of nitrogens with one attached hydrogen (secondary N) is 1. The van der Waals surface area contributed by atoms with Gasteiger partial charge >= 0.3 is 5.97 Å². The van der Waals surface area contributed by atoms with E-state index < -0.39 is 24.1 Å². The molecule has 1 heterocycles. The summed E-state index contributed by atoms with van der Waals surface area (Å²) < 4.78 is 10.00. The van der Waals surface area contributed by atoms with Crippen LogP contribution in [0.3, 0.4) is 0 Å². The van der Waals surface area contributed by atoms with E-state index in [9.17, 15) is 19.5 Å². The maximum Gasteiger partial charge on any atom is 0.344 e. The third kappa shape index (κ3) is 4.89. The molecule has 1 aliphatic rings. The predicted molar refractivity (Wildman–Crippen MR) is 121 cm³/mol. The summed E-state index contributed by atoms with van der Waals surface area (Å²) in [7, 11) is 0. The fraction of sp³-hybridized carbons (Fsp3) is 0.273. The number of phenols is 1. The normalized spacial score (nSPS) is 12.5. The summed E-state index contributed by atoms with van der Waals surface area (Å²) in [6, 6.07) is 7.85. The van der Waals surface area contributed by atoms with Crippen LogP contribution in [-0.2, 0) is 16.1 Å². The van der Waals surface area contributed by atoms with Crippen molar-refractivity contribution in [1.29, 1.82) is 5.41 Å². The second-order valence-electron chi connectivity index (χ2n) is 6.86. The number of Topliss-reactive ketones (excluding diaryl/α,β-unsaturated/α-hetero) is 1. The summed E-state index contributed by atoms with van der Waals surface area (Å²) in [5.41, 5.74) is 1.87. The van der Waals surface area contributed by atoms with Crippen LogP contribution < -0.4 is 4.74 Å². The van der Waals surface area contributed by atoms with Gasteiger partial charge in [0.05, 0.1) is 23.8 Å². The largest absolute Gasteiger partial charge is 0.505 e. The number of phenolic OH excluding ortho intramolecular Hbond substituents is 1. The topological polar surface area (TPSA) is 117 Å². The van der Waals surface area contributed by atoms with E-state index in [1.165, 1.54) is 28.8 Å². The van der Waals surface area contributed by atoms with E-state index in [1.54, 1.807) is 31.4 Å². The van der Waals surface area contributed by atoms with Gasteiger partial charge in [-0.3, -0.25) is 15.0 Å². The molecule has 2 N–H and O–H groups in total. The van der Waals surface area contributed by atoms with Crippen LogP contribution in [0.2, 0.25) is 5.02 Å². The molecule has 0 saturated carbocycles. The van der Waals surface area contributed by atoms with Crippen molar-refractivity contribution in [1.82, 2.24) is 4.90 Å². The average molecular weight is 477 g/mol. The number of aromatic hydroxyl groups is 1. The fourth-order valence-electron chi connectivity index (χ4n) is 3.25. The molecule has 168 valence electrons. The first-order valence-corrected chi connectivity index (χ1v) is 11.2. The van der Waals surface area contributed by atoms with Crippen molar-refractivity contribution in [3.63, 3.8) is 0 Å². The van der Waals surface area contributed by atoms with Crippen LogP contribution in [0.15, 0.2) is 30.3 Å². The number of ketones is 1. The Bertz CT molecular complexity index is 1100. The Balaban J connectivity index is 1.71. The van der Waals surface area contributed by atoms with Crippen LogP contribution >= 0.6 is 23.4 Å². The molecule has 2 aromatic rings. The number of benzene rings is 2. The van der Waals surface area contributed by atoms with Gasteiger partial charge in [-0.1, -0.05) is 17.7 Å². The van der Waals surface area contributed by atoms with E-state index >= 15 is 0 Å². The predicted octanol–water partition coefficient (Wildman–Crippen LogP) is 3.51. The first kappa shape index (κ1) is 23.6. The number of halogens is 1. The number of amides is 1. The molecule has 1 amide bonds. The summed E-state index contributed by atoms with van der Waals surface area (Å²) in [6.45, 7) is 1.45. The molecule has 10 heteroatoms. The Morgan fingerprint density at radius 3 is 2.72 bits per heavy atom. The zero-order chi connectivity index (χ0) is 23.4. The summed E-state index contributed by atoms with van der Waals surface area (Å²) >= 11 is 7.40. The van der Waals surface area contributed by atoms with Crippen molar-refractivity contribution in [2.45, 2.75) is 13.5 Å². The molecule has 8 nitrogen and oxygen atoms in total. The van der Waals surface area contributed by atoms with Crippen molar-refractivity contribution in [2.24, 2.45) is 0 Å². The lowest BCUT2D eigenvalue weighted by Gasteiger charge is -2.16. The number of carbonyl (C=O) groups excluding carboxylic acids is 3. The van der Waals surface area contributed by atoms with Gasteiger partial charge in [-0.25, -0.2) is 4.79 Å².